The number of piperidine rings is 1. The fourth-order valence-corrected chi connectivity index (χ4v) is 9.06. The minimum atomic E-state index is -0.0270. The number of carbonyl (C=O) groups is 2. The second-order valence-electron chi connectivity index (χ2n) is 11.9. The molecule has 0 spiro atoms. The number of carbonyl (C=O) groups excluding carboxylic acids is 2. The highest BCUT2D eigenvalue weighted by Gasteiger charge is 2.60. The topological polar surface area (TPSA) is 78.1 Å². The summed E-state index contributed by atoms with van der Waals surface area (Å²) in [7, 11) is 1.90. The molecule has 35 heavy (non-hydrogen) atoms. The van der Waals surface area contributed by atoms with Crippen LogP contribution in [0.25, 0.3) is 11.0 Å². The fourth-order valence-electron chi connectivity index (χ4n) is 8.54. The Kier molecular flexibility index (Phi) is 5.33. The van der Waals surface area contributed by atoms with E-state index in [1.165, 1.54) is 0 Å². The SMILES string of the molecule is CN1C(=O)CC[C@@]2(C)C1=C(Cl)C[C@H]1[C@@H]3CC[C@H](CC(=O)Nc4nc5ccccc5[nH]4)[C@@]3(C)CC[C@@H]12. The third-order valence-corrected chi connectivity index (χ3v) is 10.6. The molecule has 2 saturated carbocycles. The number of imidazole rings is 1. The molecule has 3 aliphatic carbocycles. The van der Waals surface area contributed by atoms with Crippen LogP contribution >= 0.6 is 11.6 Å². The summed E-state index contributed by atoms with van der Waals surface area (Å²) in [6.07, 6.45) is 7.43. The first-order valence-corrected chi connectivity index (χ1v) is 13.5. The highest BCUT2D eigenvalue weighted by Crippen LogP contribution is 2.67. The number of allylic oxidation sites excluding steroid dienone is 2. The van der Waals surface area contributed by atoms with Gasteiger partial charge >= 0.3 is 0 Å². The van der Waals surface area contributed by atoms with E-state index in [-0.39, 0.29) is 22.6 Å². The number of para-hydroxylation sites is 2. The average Bonchev–Trinajstić information content (AvgIpc) is 3.37. The van der Waals surface area contributed by atoms with E-state index in [9.17, 15) is 9.59 Å². The summed E-state index contributed by atoms with van der Waals surface area (Å²) in [6.45, 7) is 4.77. The predicted molar refractivity (Wildman–Crippen MR) is 137 cm³/mol. The number of rotatable bonds is 3. The Morgan fingerprint density at radius 3 is 2.80 bits per heavy atom. The van der Waals surface area contributed by atoms with E-state index in [4.69, 9.17) is 11.6 Å². The van der Waals surface area contributed by atoms with E-state index in [0.29, 0.717) is 42.5 Å². The summed E-state index contributed by atoms with van der Waals surface area (Å²) in [5.74, 6) is 2.77. The maximum Gasteiger partial charge on any atom is 0.226 e. The van der Waals surface area contributed by atoms with Crippen molar-refractivity contribution in [2.24, 2.45) is 34.5 Å². The molecule has 0 bridgehead atoms. The Balaban J connectivity index is 1.20. The van der Waals surface area contributed by atoms with Gasteiger partial charge in [-0.1, -0.05) is 37.6 Å². The molecule has 2 heterocycles. The molecule has 2 amide bonds. The number of nitrogens with one attached hydrogen (secondary N) is 2. The number of likely N-dealkylation sites (tertiary alicyclic amines) is 1. The van der Waals surface area contributed by atoms with Crippen molar-refractivity contribution in [3.63, 3.8) is 0 Å². The Hall–Kier alpha value is -2.34. The second-order valence-corrected chi connectivity index (χ2v) is 12.3. The molecule has 4 aliphatic rings. The standard InChI is InChI=1S/C28H35ClN4O2/c1-27-12-10-19-17(15-20(29)25-28(19,2)13-11-24(35)33(25)3)18(27)9-8-16(27)14-23(34)32-26-30-21-6-4-5-7-22(21)31-26/h4-7,16-19H,8-15H2,1-3H3,(H2,30,31,32,34)/t16-,17+,18+,19+,27-,28-/m1/s1. The van der Waals surface area contributed by atoms with Crippen molar-refractivity contribution in [1.29, 1.82) is 0 Å². The summed E-state index contributed by atoms with van der Waals surface area (Å²) in [4.78, 5) is 35.1. The Bertz CT molecular complexity index is 1200. The van der Waals surface area contributed by atoms with Crippen LogP contribution in [0.4, 0.5) is 5.95 Å². The van der Waals surface area contributed by atoms with Crippen LogP contribution in [0.1, 0.15) is 65.2 Å². The molecule has 2 N–H and O–H groups in total. The second kappa shape index (κ2) is 8.09. The van der Waals surface area contributed by atoms with Gasteiger partial charge in [-0.2, -0.15) is 0 Å². The van der Waals surface area contributed by atoms with Crippen molar-refractivity contribution in [1.82, 2.24) is 14.9 Å². The van der Waals surface area contributed by atoms with Crippen LogP contribution in [-0.2, 0) is 9.59 Å². The first kappa shape index (κ1) is 23.1. The Labute approximate surface area is 211 Å². The summed E-state index contributed by atoms with van der Waals surface area (Å²) in [6, 6.07) is 7.82. The maximum absolute atomic E-state index is 13.1. The lowest BCUT2D eigenvalue weighted by atomic mass is 9.49. The smallest absolute Gasteiger partial charge is 0.226 e. The van der Waals surface area contributed by atoms with E-state index < -0.39 is 0 Å². The van der Waals surface area contributed by atoms with Gasteiger partial charge in [-0.15, -0.1) is 0 Å². The van der Waals surface area contributed by atoms with Crippen LogP contribution in [0.15, 0.2) is 35.0 Å². The van der Waals surface area contributed by atoms with Crippen molar-refractivity contribution >= 4 is 40.4 Å². The zero-order valence-corrected chi connectivity index (χ0v) is 21.6. The lowest BCUT2D eigenvalue weighted by Gasteiger charge is -2.59. The molecular weight excluding hydrogens is 460 g/mol. The van der Waals surface area contributed by atoms with Crippen molar-refractivity contribution in [2.75, 3.05) is 12.4 Å². The molecule has 1 aliphatic heterocycles. The molecule has 1 aromatic heterocycles. The number of anilines is 1. The van der Waals surface area contributed by atoms with Crippen LogP contribution < -0.4 is 5.32 Å². The number of fused-ring (bicyclic) bond motifs is 6. The van der Waals surface area contributed by atoms with Crippen molar-refractivity contribution in [2.45, 2.75) is 65.2 Å². The molecule has 3 fully saturated rings. The molecule has 186 valence electrons. The molecule has 1 saturated heterocycles. The van der Waals surface area contributed by atoms with Crippen LogP contribution in [0.5, 0.6) is 0 Å². The van der Waals surface area contributed by atoms with Gasteiger partial charge in [-0.05, 0) is 79.7 Å². The molecule has 0 unspecified atom stereocenters. The van der Waals surface area contributed by atoms with Gasteiger partial charge in [-0.25, -0.2) is 4.98 Å². The number of hydrogen-bond donors (Lipinski definition) is 2. The largest absolute Gasteiger partial charge is 0.324 e. The molecule has 7 heteroatoms. The summed E-state index contributed by atoms with van der Waals surface area (Å²) in [5.41, 5.74) is 2.99. The van der Waals surface area contributed by atoms with E-state index in [2.05, 4.69) is 29.1 Å². The van der Waals surface area contributed by atoms with Gasteiger partial charge in [-0.3, -0.25) is 14.9 Å². The highest BCUT2D eigenvalue weighted by molar-refractivity contribution is 6.30. The van der Waals surface area contributed by atoms with Crippen LogP contribution in [-0.4, -0.2) is 33.7 Å². The number of nitrogens with zero attached hydrogens (tertiary/aromatic N) is 2. The molecule has 6 nitrogen and oxygen atoms in total. The summed E-state index contributed by atoms with van der Waals surface area (Å²) in [5, 5.41) is 3.90. The van der Waals surface area contributed by atoms with Gasteiger partial charge in [0.05, 0.1) is 11.0 Å². The van der Waals surface area contributed by atoms with Crippen LogP contribution in [0, 0.1) is 34.5 Å². The number of hydrogen-bond acceptors (Lipinski definition) is 3. The quantitative estimate of drug-likeness (QED) is 0.544. The lowest BCUT2D eigenvalue weighted by Crippen LogP contribution is -2.54. The predicted octanol–water partition coefficient (Wildman–Crippen LogP) is 6.06. The average molecular weight is 495 g/mol. The number of H-pyrrole nitrogens is 1. The van der Waals surface area contributed by atoms with E-state index >= 15 is 0 Å². The first-order chi connectivity index (χ1) is 16.7. The normalized spacial score (nSPS) is 36.7. The van der Waals surface area contributed by atoms with Gasteiger partial charge in [0.25, 0.3) is 0 Å². The number of halogens is 1. The van der Waals surface area contributed by atoms with E-state index in [1.54, 1.807) is 0 Å². The maximum atomic E-state index is 13.1. The number of aromatic amines is 1. The van der Waals surface area contributed by atoms with Crippen LogP contribution in [0.3, 0.4) is 0 Å². The summed E-state index contributed by atoms with van der Waals surface area (Å²) >= 11 is 6.95. The van der Waals surface area contributed by atoms with Gasteiger partial charge in [0.1, 0.15) is 0 Å². The third kappa shape index (κ3) is 3.46. The Morgan fingerprint density at radius 1 is 1.20 bits per heavy atom. The number of aromatic nitrogens is 2. The fraction of sp³-hybridized carbons (Fsp3) is 0.607. The molecule has 6 rings (SSSR count). The van der Waals surface area contributed by atoms with Gasteiger partial charge in [0.15, 0.2) is 0 Å². The number of benzene rings is 1. The lowest BCUT2D eigenvalue weighted by molar-refractivity contribution is -0.136. The van der Waals surface area contributed by atoms with E-state index in [0.717, 1.165) is 60.3 Å². The van der Waals surface area contributed by atoms with Gasteiger partial charge in [0.2, 0.25) is 17.8 Å². The summed E-state index contributed by atoms with van der Waals surface area (Å²) < 4.78 is 0. The van der Waals surface area contributed by atoms with Crippen molar-refractivity contribution in [3.8, 4) is 0 Å². The molecule has 2 aromatic rings. The monoisotopic (exact) mass is 494 g/mol. The molecule has 6 atom stereocenters. The highest BCUT2D eigenvalue weighted by atomic mass is 35.5. The van der Waals surface area contributed by atoms with Crippen molar-refractivity contribution < 1.29 is 9.59 Å². The number of amides is 2. The zero-order chi connectivity index (χ0) is 24.5. The molecule has 0 radical (unpaired) electrons. The molecular formula is C28H35ClN4O2. The minimum Gasteiger partial charge on any atom is -0.324 e. The minimum absolute atomic E-state index is 0.0270. The third-order valence-electron chi connectivity index (χ3n) is 10.3. The Morgan fingerprint density at radius 2 is 2.00 bits per heavy atom. The zero-order valence-electron chi connectivity index (χ0n) is 20.9. The van der Waals surface area contributed by atoms with Gasteiger partial charge < -0.3 is 9.88 Å². The van der Waals surface area contributed by atoms with Gasteiger partial charge in [0, 0.05) is 36.0 Å². The first-order valence-electron chi connectivity index (χ1n) is 13.1. The van der Waals surface area contributed by atoms with Crippen LogP contribution in [0.2, 0.25) is 0 Å². The van der Waals surface area contributed by atoms with Crippen molar-refractivity contribution in [3.05, 3.63) is 35.0 Å². The van der Waals surface area contributed by atoms with E-state index in [1.807, 2.05) is 36.2 Å². The molecule has 1 aromatic carbocycles.